The SMILES string of the molecule is CC(C)(CC(O)(CN1CCN(c2ccoc2C=O)c2ccccc21)C(F)(F)F)c1cc(F)ccc1O. The Balaban J connectivity index is 1.69. The first-order valence-electron chi connectivity index (χ1n) is 11.3. The first kappa shape index (κ1) is 25.6. The number of para-hydroxylation sites is 2. The predicted molar refractivity (Wildman–Crippen MR) is 126 cm³/mol. The number of hydrogen-bond acceptors (Lipinski definition) is 6. The maximum Gasteiger partial charge on any atom is 0.418 e. The molecule has 192 valence electrons. The summed E-state index contributed by atoms with van der Waals surface area (Å²) in [6, 6.07) is 11.4. The van der Waals surface area contributed by atoms with E-state index in [1.807, 2.05) is 0 Å². The minimum absolute atomic E-state index is 0.0308. The number of aldehydes is 1. The van der Waals surface area contributed by atoms with E-state index < -0.39 is 36.0 Å². The number of aliphatic hydroxyl groups is 1. The molecule has 0 radical (unpaired) electrons. The van der Waals surface area contributed by atoms with Gasteiger partial charge in [0.05, 0.1) is 29.9 Å². The number of phenolic OH excluding ortho intramolecular Hbond substituents is 1. The third kappa shape index (κ3) is 4.65. The van der Waals surface area contributed by atoms with E-state index in [4.69, 9.17) is 4.42 Å². The van der Waals surface area contributed by atoms with Gasteiger partial charge < -0.3 is 24.4 Å². The van der Waals surface area contributed by atoms with Crippen molar-refractivity contribution in [3.63, 3.8) is 0 Å². The molecule has 0 saturated heterocycles. The molecule has 10 heteroatoms. The molecule has 1 aliphatic heterocycles. The van der Waals surface area contributed by atoms with Gasteiger partial charge in [0, 0.05) is 24.7 Å². The highest BCUT2D eigenvalue weighted by Gasteiger charge is 2.57. The van der Waals surface area contributed by atoms with E-state index in [-0.39, 0.29) is 30.2 Å². The summed E-state index contributed by atoms with van der Waals surface area (Å²) in [5.74, 6) is -0.955. The van der Waals surface area contributed by atoms with Gasteiger partial charge in [0.2, 0.25) is 0 Å². The van der Waals surface area contributed by atoms with Crippen molar-refractivity contribution >= 4 is 23.3 Å². The van der Waals surface area contributed by atoms with E-state index >= 15 is 0 Å². The summed E-state index contributed by atoms with van der Waals surface area (Å²) in [6.45, 7) is 2.41. The Morgan fingerprint density at radius 1 is 1.03 bits per heavy atom. The monoisotopic (exact) mass is 506 g/mol. The number of carbonyl (C=O) groups is 1. The maximum absolute atomic E-state index is 14.4. The second kappa shape index (κ2) is 9.16. The van der Waals surface area contributed by atoms with Crippen molar-refractivity contribution in [1.29, 1.82) is 0 Å². The fourth-order valence-electron chi connectivity index (χ4n) is 4.90. The lowest BCUT2D eigenvalue weighted by atomic mass is 9.74. The molecule has 3 aromatic rings. The average Bonchev–Trinajstić information content (AvgIpc) is 3.28. The largest absolute Gasteiger partial charge is 0.508 e. The molecule has 2 aromatic carbocycles. The Hall–Kier alpha value is -3.53. The van der Waals surface area contributed by atoms with Gasteiger partial charge in [-0.25, -0.2) is 4.39 Å². The number of benzene rings is 2. The van der Waals surface area contributed by atoms with Gasteiger partial charge >= 0.3 is 6.18 Å². The number of nitrogens with zero attached hydrogens (tertiary/aromatic N) is 2. The fraction of sp³-hybridized carbons (Fsp3) is 0.346. The lowest BCUT2D eigenvalue weighted by Gasteiger charge is -2.44. The number of anilines is 3. The summed E-state index contributed by atoms with van der Waals surface area (Å²) in [7, 11) is 0. The number of hydrogen-bond donors (Lipinski definition) is 2. The van der Waals surface area contributed by atoms with Crippen LogP contribution in [0.5, 0.6) is 5.75 Å². The zero-order valence-corrected chi connectivity index (χ0v) is 19.7. The molecule has 0 fully saturated rings. The van der Waals surface area contributed by atoms with Crippen LogP contribution < -0.4 is 9.80 Å². The fourth-order valence-corrected chi connectivity index (χ4v) is 4.90. The van der Waals surface area contributed by atoms with Crippen LogP contribution in [-0.2, 0) is 5.41 Å². The smallest absolute Gasteiger partial charge is 0.418 e. The number of rotatable bonds is 7. The average molecular weight is 506 g/mol. The standard InChI is InChI=1S/C26H26F4N2O4/c1-24(2,18-13-17(27)7-8-22(18)34)15-25(35,26(28,29)30)16-31-10-11-32(20-6-4-3-5-19(20)31)21-9-12-36-23(21)14-33/h3-9,12-14,34-35H,10-11,15-16H2,1-2H3. The van der Waals surface area contributed by atoms with Crippen molar-refractivity contribution in [3.8, 4) is 5.75 Å². The third-order valence-electron chi connectivity index (χ3n) is 6.58. The molecule has 1 atom stereocenters. The number of β-amino-alcohol motifs (C(OH)–C–C–N with tert-alkyl or cyclic N) is 1. The van der Waals surface area contributed by atoms with Crippen LogP contribution in [-0.4, -0.2) is 47.9 Å². The maximum atomic E-state index is 14.4. The second-order valence-corrected chi connectivity index (χ2v) is 9.60. The molecular formula is C26H26F4N2O4. The van der Waals surface area contributed by atoms with Crippen LogP contribution in [0.2, 0.25) is 0 Å². The second-order valence-electron chi connectivity index (χ2n) is 9.60. The van der Waals surface area contributed by atoms with Crippen molar-refractivity contribution in [1.82, 2.24) is 0 Å². The number of halogens is 4. The van der Waals surface area contributed by atoms with Crippen LogP contribution in [0.25, 0.3) is 0 Å². The summed E-state index contributed by atoms with van der Waals surface area (Å²) in [5.41, 5.74) is -3.15. The van der Waals surface area contributed by atoms with Gasteiger partial charge in [0.1, 0.15) is 11.6 Å². The van der Waals surface area contributed by atoms with Gasteiger partial charge in [-0.3, -0.25) is 4.79 Å². The first-order valence-corrected chi connectivity index (χ1v) is 11.3. The van der Waals surface area contributed by atoms with Crippen LogP contribution in [0.1, 0.15) is 36.4 Å². The normalized spacial score (nSPS) is 16.0. The molecule has 0 spiro atoms. The van der Waals surface area contributed by atoms with Crippen molar-refractivity contribution in [2.75, 3.05) is 29.4 Å². The van der Waals surface area contributed by atoms with Crippen molar-refractivity contribution in [2.24, 2.45) is 0 Å². The lowest BCUT2D eigenvalue weighted by molar-refractivity contribution is -0.262. The van der Waals surface area contributed by atoms with Gasteiger partial charge in [0.25, 0.3) is 0 Å². The van der Waals surface area contributed by atoms with Crippen LogP contribution in [0, 0.1) is 5.82 Å². The molecule has 2 heterocycles. The molecule has 4 rings (SSSR count). The van der Waals surface area contributed by atoms with Crippen molar-refractivity contribution < 1.29 is 37.0 Å². The number of alkyl halides is 3. The van der Waals surface area contributed by atoms with E-state index in [1.54, 1.807) is 35.2 Å². The summed E-state index contributed by atoms with van der Waals surface area (Å²) in [5, 5.41) is 21.3. The van der Waals surface area contributed by atoms with E-state index in [0.29, 0.717) is 23.3 Å². The summed E-state index contributed by atoms with van der Waals surface area (Å²) in [6.07, 6.45) is -3.91. The van der Waals surface area contributed by atoms with E-state index in [2.05, 4.69) is 0 Å². The predicted octanol–water partition coefficient (Wildman–Crippen LogP) is 5.56. The zero-order chi connectivity index (χ0) is 26.3. The summed E-state index contributed by atoms with van der Waals surface area (Å²) < 4.78 is 62.2. The number of furan rings is 1. The summed E-state index contributed by atoms with van der Waals surface area (Å²) >= 11 is 0. The summed E-state index contributed by atoms with van der Waals surface area (Å²) in [4.78, 5) is 14.6. The van der Waals surface area contributed by atoms with Crippen LogP contribution in [0.4, 0.5) is 34.6 Å². The van der Waals surface area contributed by atoms with Gasteiger partial charge in [-0.2, -0.15) is 13.2 Å². The number of fused-ring (bicyclic) bond motifs is 1. The van der Waals surface area contributed by atoms with Crippen molar-refractivity contribution in [2.45, 2.75) is 37.5 Å². The number of carbonyl (C=O) groups excluding carboxylic acids is 1. The van der Waals surface area contributed by atoms with Gasteiger partial charge in [-0.1, -0.05) is 26.0 Å². The van der Waals surface area contributed by atoms with E-state index in [1.165, 1.54) is 25.0 Å². The van der Waals surface area contributed by atoms with Crippen molar-refractivity contribution in [3.05, 3.63) is 71.9 Å². The Bertz CT molecular complexity index is 1260. The molecule has 6 nitrogen and oxygen atoms in total. The highest BCUT2D eigenvalue weighted by Crippen LogP contribution is 2.46. The van der Waals surface area contributed by atoms with Gasteiger partial charge in [-0.05, 0) is 42.2 Å². The molecule has 0 saturated carbocycles. The third-order valence-corrected chi connectivity index (χ3v) is 6.58. The molecule has 2 N–H and O–H groups in total. The number of aromatic hydroxyl groups is 1. The van der Waals surface area contributed by atoms with Gasteiger partial charge in [-0.15, -0.1) is 0 Å². The Morgan fingerprint density at radius 2 is 1.72 bits per heavy atom. The molecule has 1 aliphatic rings. The topological polar surface area (TPSA) is 77.2 Å². The molecule has 1 unspecified atom stereocenters. The highest BCUT2D eigenvalue weighted by molar-refractivity contribution is 5.87. The molecule has 36 heavy (non-hydrogen) atoms. The highest BCUT2D eigenvalue weighted by atomic mass is 19.4. The van der Waals surface area contributed by atoms with E-state index in [0.717, 1.165) is 18.2 Å². The molecule has 0 aliphatic carbocycles. The molecule has 0 bridgehead atoms. The molecule has 1 aromatic heterocycles. The van der Waals surface area contributed by atoms with Crippen LogP contribution in [0.15, 0.2) is 59.2 Å². The van der Waals surface area contributed by atoms with Gasteiger partial charge in [0.15, 0.2) is 17.6 Å². The Kier molecular flexibility index (Phi) is 6.51. The minimum Gasteiger partial charge on any atom is -0.508 e. The van der Waals surface area contributed by atoms with Crippen LogP contribution in [0.3, 0.4) is 0 Å². The first-order chi connectivity index (χ1) is 16.9. The quantitative estimate of drug-likeness (QED) is 0.323. The lowest BCUT2D eigenvalue weighted by Crippen LogP contribution is -2.58. The Morgan fingerprint density at radius 3 is 2.39 bits per heavy atom. The van der Waals surface area contributed by atoms with Crippen LogP contribution >= 0.6 is 0 Å². The molecular weight excluding hydrogens is 480 g/mol. The minimum atomic E-state index is -5.02. The molecule has 0 amide bonds. The Labute approximate surface area is 205 Å². The number of phenols is 1. The van der Waals surface area contributed by atoms with E-state index in [9.17, 15) is 32.6 Å². The zero-order valence-electron chi connectivity index (χ0n) is 19.7.